The molecule has 2 unspecified atom stereocenters. The van der Waals surface area contributed by atoms with E-state index in [4.69, 9.17) is 0 Å². The summed E-state index contributed by atoms with van der Waals surface area (Å²) < 4.78 is 0. The van der Waals surface area contributed by atoms with Gasteiger partial charge in [0, 0.05) is 47.2 Å². The molecule has 3 fully saturated rings. The first-order valence-electron chi connectivity index (χ1n) is 8.79. The van der Waals surface area contributed by atoms with Crippen molar-refractivity contribution in [2.75, 3.05) is 13.1 Å². The second kappa shape index (κ2) is 4.59. The molecule has 3 aliphatic heterocycles. The first kappa shape index (κ1) is 13.1. The molecule has 3 nitrogen and oxygen atoms in total. The third-order valence-corrected chi connectivity index (χ3v) is 6.45. The maximum absolute atomic E-state index is 10.9. The van der Waals surface area contributed by atoms with Gasteiger partial charge in [-0.2, -0.15) is 0 Å². The van der Waals surface area contributed by atoms with E-state index in [1.807, 2.05) is 0 Å². The van der Waals surface area contributed by atoms with Crippen molar-refractivity contribution < 1.29 is 5.11 Å². The fourth-order valence-corrected chi connectivity index (χ4v) is 5.69. The van der Waals surface area contributed by atoms with Gasteiger partial charge in [-0.05, 0) is 30.7 Å². The Kier molecular flexibility index (Phi) is 2.74. The van der Waals surface area contributed by atoms with Gasteiger partial charge in [0.25, 0.3) is 0 Å². The number of aliphatic hydroxyl groups is 1. The summed E-state index contributed by atoms with van der Waals surface area (Å²) in [6.45, 7) is 4.33. The molecule has 6 rings (SSSR count). The molecule has 3 heteroatoms. The maximum atomic E-state index is 10.9. The van der Waals surface area contributed by atoms with Gasteiger partial charge in [-0.1, -0.05) is 31.5 Å². The number of aliphatic hydroxyl groups excluding tert-OH is 1. The zero-order chi connectivity index (χ0) is 14.8. The molecule has 1 aromatic carbocycles. The summed E-state index contributed by atoms with van der Waals surface area (Å²) in [5.74, 6) is 2.18. The fraction of sp³-hybridized carbons (Fsp3) is 0.579. The van der Waals surface area contributed by atoms with Gasteiger partial charge in [-0.15, -0.1) is 0 Å². The minimum absolute atomic E-state index is 0.354. The van der Waals surface area contributed by atoms with Crippen molar-refractivity contribution in [1.29, 1.82) is 0 Å². The van der Waals surface area contributed by atoms with Crippen LogP contribution in [0.1, 0.15) is 49.5 Å². The number of benzene rings is 1. The molecule has 2 aromatic rings. The summed E-state index contributed by atoms with van der Waals surface area (Å²) in [5, 5.41) is 12.1. The topological polar surface area (TPSA) is 39.3 Å². The highest BCUT2D eigenvalue weighted by Crippen LogP contribution is 2.52. The molecule has 2 N–H and O–H groups in total. The van der Waals surface area contributed by atoms with Crippen molar-refractivity contribution in [1.82, 2.24) is 9.88 Å². The summed E-state index contributed by atoms with van der Waals surface area (Å²) in [6.07, 6.45) is 3.59. The smallest absolute Gasteiger partial charge is 0.0940 e. The summed E-state index contributed by atoms with van der Waals surface area (Å²) in [6, 6.07) is 9.10. The second-order valence-electron chi connectivity index (χ2n) is 7.57. The van der Waals surface area contributed by atoms with Crippen LogP contribution >= 0.6 is 0 Å². The molecule has 6 atom stereocenters. The molecule has 4 aliphatic rings. The number of nitrogens with zero attached hydrogens (tertiary/aromatic N) is 1. The van der Waals surface area contributed by atoms with E-state index in [1.54, 1.807) is 0 Å². The normalized spacial score (nSPS) is 39.7. The second-order valence-corrected chi connectivity index (χ2v) is 7.57. The van der Waals surface area contributed by atoms with Crippen LogP contribution in [-0.2, 0) is 0 Å². The number of aromatic amines is 1. The van der Waals surface area contributed by atoms with E-state index in [1.165, 1.54) is 48.0 Å². The van der Waals surface area contributed by atoms with Crippen molar-refractivity contribution in [3.8, 4) is 0 Å². The Hall–Kier alpha value is -1.32. The van der Waals surface area contributed by atoms with E-state index < -0.39 is 0 Å². The van der Waals surface area contributed by atoms with Crippen molar-refractivity contribution in [3.63, 3.8) is 0 Å². The Morgan fingerprint density at radius 2 is 2.09 bits per heavy atom. The van der Waals surface area contributed by atoms with Crippen LogP contribution in [0.2, 0.25) is 0 Å². The number of fused-ring (bicyclic) bond motifs is 4. The molecule has 0 radical (unpaired) electrons. The number of hydrogen-bond donors (Lipinski definition) is 2. The van der Waals surface area contributed by atoms with Gasteiger partial charge in [-0.3, -0.25) is 4.90 Å². The zero-order valence-corrected chi connectivity index (χ0v) is 13.1. The van der Waals surface area contributed by atoms with Gasteiger partial charge >= 0.3 is 0 Å². The number of nitrogens with one attached hydrogen (secondary N) is 1. The number of H-pyrrole nitrogens is 1. The predicted octanol–water partition coefficient (Wildman–Crippen LogP) is 3.42. The first-order valence-corrected chi connectivity index (χ1v) is 8.79. The fourth-order valence-electron chi connectivity index (χ4n) is 5.69. The van der Waals surface area contributed by atoms with E-state index in [9.17, 15) is 5.11 Å². The van der Waals surface area contributed by atoms with Crippen LogP contribution in [0.4, 0.5) is 0 Å². The van der Waals surface area contributed by atoms with Gasteiger partial charge < -0.3 is 10.1 Å². The molecule has 4 heterocycles. The van der Waals surface area contributed by atoms with Crippen molar-refractivity contribution >= 4 is 10.9 Å². The van der Waals surface area contributed by atoms with Crippen LogP contribution in [0, 0.1) is 11.8 Å². The first-order chi connectivity index (χ1) is 10.8. The van der Waals surface area contributed by atoms with E-state index >= 15 is 0 Å². The molecule has 0 spiro atoms. The van der Waals surface area contributed by atoms with Crippen molar-refractivity contribution in [3.05, 3.63) is 35.5 Å². The summed E-state index contributed by atoms with van der Waals surface area (Å²) in [7, 11) is 0. The molecule has 1 aromatic heterocycles. The Bertz CT molecular complexity index is 721. The van der Waals surface area contributed by atoms with E-state index in [-0.39, 0.29) is 6.10 Å². The van der Waals surface area contributed by atoms with Crippen LogP contribution in [0.15, 0.2) is 24.3 Å². The van der Waals surface area contributed by atoms with Gasteiger partial charge in [0.2, 0.25) is 0 Å². The Balaban J connectivity index is 1.72. The van der Waals surface area contributed by atoms with Crippen LogP contribution in [0.5, 0.6) is 0 Å². The molecule has 116 valence electrons. The predicted molar refractivity (Wildman–Crippen MR) is 87.9 cm³/mol. The van der Waals surface area contributed by atoms with E-state index in [2.05, 4.69) is 41.1 Å². The van der Waals surface area contributed by atoms with E-state index in [0.717, 1.165) is 18.4 Å². The number of hydrogen-bond acceptors (Lipinski definition) is 2. The van der Waals surface area contributed by atoms with Crippen LogP contribution in [-0.4, -0.2) is 34.1 Å². The lowest BCUT2D eigenvalue weighted by atomic mass is 9.65. The van der Waals surface area contributed by atoms with Gasteiger partial charge in [0.1, 0.15) is 0 Å². The number of aromatic nitrogens is 1. The summed E-state index contributed by atoms with van der Waals surface area (Å²) >= 11 is 0. The maximum Gasteiger partial charge on any atom is 0.0940 e. The molecule has 0 amide bonds. The molecular formula is C19H24N2O. The molecular weight excluding hydrogens is 272 g/mol. The van der Waals surface area contributed by atoms with Crippen LogP contribution in [0.3, 0.4) is 0 Å². The van der Waals surface area contributed by atoms with Gasteiger partial charge in [0.05, 0.1) is 6.10 Å². The Labute approximate surface area is 131 Å². The third-order valence-electron chi connectivity index (χ3n) is 6.45. The highest BCUT2D eigenvalue weighted by Gasteiger charge is 2.50. The Morgan fingerprint density at radius 3 is 2.95 bits per heavy atom. The molecule has 1 saturated carbocycles. The Morgan fingerprint density at radius 1 is 1.23 bits per heavy atom. The minimum Gasteiger partial charge on any atom is -0.387 e. The average molecular weight is 296 g/mol. The lowest BCUT2D eigenvalue weighted by molar-refractivity contribution is -0.0320. The van der Waals surface area contributed by atoms with Crippen molar-refractivity contribution in [2.24, 2.45) is 11.8 Å². The van der Waals surface area contributed by atoms with Crippen LogP contribution < -0.4 is 0 Å². The highest BCUT2D eigenvalue weighted by atomic mass is 16.3. The number of rotatable bonds is 1. The zero-order valence-electron chi connectivity index (χ0n) is 13.1. The number of para-hydroxylation sites is 1. The lowest BCUT2D eigenvalue weighted by Crippen LogP contribution is -2.56. The number of piperidine rings is 2. The van der Waals surface area contributed by atoms with Crippen LogP contribution in [0.25, 0.3) is 10.9 Å². The SMILES string of the molecule is CC[C@H]1C[C@@H]2C[C@H]3c4[nH]c5ccccc5c4C(O)CN(C2)[C@@H]13. The monoisotopic (exact) mass is 296 g/mol. The largest absolute Gasteiger partial charge is 0.387 e. The molecule has 22 heavy (non-hydrogen) atoms. The summed E-state index contributed by atoms with van der Waals surface area (Å²) in [5.41, 5.74) is 3.71. The lowest BCUT2D eigenvalue weighted by Gasteiger charge is -2.53. The van der Waals surface area contributed by atoms with Gasteiger partial charge in [0.15, 0.2) is 0 Å². The third kappa shape index (κ3) is 1.64. The molecule has 2 saturated heterocycles. The quantitative estimate of drug-likeness (QED) is 0.846. The molecule has 1 aliphatic carbocycles. The summed E-state index contributed by atoms with van der Waals surface area (Å²) in [4.78, 5) is 6.29. The highest BCUT2D eigenvalue weighted by molar-refractivity contribution is 5.85. The average Bonchev–Trinajstić information content (AvgIpc) is 2.90. The minimum atomic E-state index is -0.354. The molecule has 4 bridgehead atoms. The standard InChI is InChI=1S/C19H24N2O/c1-2-12-7-11-8-14-18-17(13-5-3-4-6-15(13)20-18)16(22)10-21(9-11)19(12)14/h3-6,11-12,14,16,19-20,22H,2,7-10H2,1H3/t11-,12+,14+,16?,19+/m1/s1. The van der Waals surface area contributed by atoms with Gasteiger partial charge in [-0.25, -0.2) is 0 Å². The van der Waals surface area contributed by atoms with Crippen molar-refractivity contribution in [2.45, 2.75) is 44.2 Å². The van der Waals surface area contributed by atoms with E-state index in [0.29, 0.717) is 12.0 Å².